The van der Waals surface area contributed by atoms with E-state index in [1.54, 1.807) is 12.3 Å². The number of aromatic nitrogens is 2. The van der Waals surface area contributed by atoms with E-state index in [1.807, 2.05) is 29.1 Å². The largest absolute Gasteiger partial charge is 0.478 e. The van der Waals surface area contributed by atoms with Gasteiger partial charge in [0, 0.05) is 12.4 Å². The molecular formula is C27H29FN2O2. The number of halogens is 1. The van der Waals surface area contributed by atoms with E-state index in [0.717, 1.165) is 24.0 Å². The lowest BCUT2D eigenvalue weighted by Gasteiger charge is -2.42. The van der Waals surface area contributed by atoms with Gasteiger partial charge in [0.25, 0.3) is 0 Å². The molecule has 0 fully saturated rings. The zero-order chi connectivity index (χ0) is 23.1. The van der Waals surface area contributed by atoms with Crippen molar-refractivity contribution in [1.29, 1.82) is 0 Å². The Balaban J connectivity index is 1.80. The van der Waals surface area contributed by atoms with Crippen LogP contribution in [0.3, 0.4) is 0 Å². The van der Waals surface area contributed by atoms with E-state index in [1.165, 1.54) is 23.3 Å². The quantitative estimate of drug-likeness (QED) is 0.482. The number of hydrogen-bond donors (Lipinski definition) is 1. The molecule has 1 aliphatic carbocycles. The number of nitrogens with zero attached hydrogens (tertiary/aromatic N) is 2. The average molecular weight is 433 g/mol. The van der Waals surface area contributed by atoms with Crippen LogP contribution in [-0.2, 0) is 17.4 Å². The zero-order valence-corrected chi connectivity index (χ0v) is 19.0. The van der Waals surface area contributed by atoms with Gasteiger partial charge in [-0.05, 0) is 69.7 Å². The molecule has 1 N–H and O–H groups in total. The molecule has 32 heavy (non-hydrogen) atoms. The molecule has 0 unspecified atom stereocenters. The second-order valence-corrected chi connectivity index (χ2v) is 9.95. The van der Waals surface area contributed by atoms with Gasteiger partial charge in [-0.15, -0.1) is 0 Å². The first-order chi connectivity index (χ1) is 15.1. The first kappa shape index (κ1) is 22.0. The monoisotopic (exact) mass is 432 g/mol. The molecule has 2 aromatic carbocycles. The molecule has 0 bridgehead atoms. The summed E-state index contributed by atoms with van der Waals surface area (Å²) in [6, 6.07) is 10.7. The van der Waals surface area contributed by atoms with Gasteiger partial charge in [-0.3, -0.25) is 4.68 Å². The Kier molecular flexibility index (Phi) is 5.53. The van der Waals surface area contributed by atoms with E-state index in [2.05, 4.69) is 44.9 Å². The van der Waals surface area contributed by atoms with E-state index in [9.17, 15) is 9.18 Å². The van der Waals surface area contributed by atoms with Gasteiger partial charge >= 0.3 is 5.97 Å². The van der Waals surface area contributed by atoms with Crippen molar-refractivity contribution in [3.8, 4) is 0 Å². The van der Waals surface area contributed by atoms with Crippen LogP contribution in [0.4, 0.5) is 4.39 Å². The minimum Gasteiger partial charge on any atom is -0.478 e. The van der Waals surface area contributed by atoms with Crippen LogP contribution in [0, 0.1) is 5.82 Å². The number of benzene rings is 2. The van der Waals surface area contributed by atoms with Crippen molar-refractivity contribution in [3.63, 3.8) is 0 Å². The highest BCUT2D eigenvalue weighted by atomic mass is 19.1. The molecule has 1 heterocycles. The standard InChI is InChI=1S/C27H29FN2O2/c1-26(2)10-11-27(3,4)23-16-20(17-30-13-5-12-29-30)19(15-22(23)26)8-6-18-7-9-21(25(31)32)24(28)14-18/h5-9,12-16H,10-11,17H2,1-4H3,(H,31,32)/b8-6+. The molecule has 1 aliphatic rings. The fourth-order valence-electron chi connectivity index (χ4n) is 4.53. The van der Waals surface area contributed by atoms with Crippen molar-refractivity contribution in [3.05, 3.63) is 88.0 Å². The van der Waals surface area contributed by atoms with Crippen LogP contribution in [0.5, 0.6) is 0 Å². The van der Waals surface area contributed by atoms with Crippen molar-refractivity contribution >= 4 is 18.1 Å². The van der Waals surface area contributed by atoms with Gasteiger partial charge in [-0.2, -0.15) is 5.10 Å². The summed E-state index contributed by atoms with van der Waals surface area (Å²) < 4.78 is 16.0. The summed E-state index contributed by atoms with van der Waals surface area (Å²) >= 11 is 0. The molecule has 0 aliphatic heterocycles. The fourth-order valence-corrected chi connectivity index (χ4v) is 4.53. The minimum atomic E-state index is -1.26. The predicted molar refractivity (Wildman–Crippen MR) is 125 cm³/mol. The third kappa shape index (κ3) is 4.24. The van der Waals surface area contributed by atoms with Crippen molar-refractivity contribution in [2.24, 2.45) is 0 Å². The van der Waals surface area contributed by atoms with Crippen molar-refractivity contribution in [1.82, 2.24) is 9.78 Å². The highest BCUT2D eigenvalue weighted by molar-refractivity contribution is 5.88. The number of carboxylic acids is 1. The number of hydrogen-bond acceptors (Lipinski definition) is 2. The van der Waals surface area contributed by atoms with Crippen LogP contribution in [0.15, 0.2) is 48.8 Å². The Morgan fingerprint density at radius 3 is 2.38 bits per heavy atom. The number of fused-ring (bicyclic) bond motifs is 1. The maximum Gasteiger partial charge on any atom is 0.338 e. The minimum absolute atomic E-state index is 0.0763. The summed E-state index contributed by atoms with van der Waals surface area (Å²) in [5.74, 6) is -2.00. The second kappa shape index (κ2) is 8.05. The van der Waals surface area contributed by atoms with E-state index in [4.69, 9.17) is 5.11 Å². The average Bonchev–Trinajstić information content (AvgIpc) is 3.23. The Morgan fingerprint density at radius 2 is 1.78 bits per heavy atom. The predicted octanol–water partition coefficient (Wildman–Crippen LogP) is 6.29. The summed E-state index contributed by atoms with van der Waals surface area (Å²) in [7, 11) is 0. The maximum absolute atomic E-state index is 14.1. The molecule has 0 radical (unpaired) electrons. The summed E-state index contributed by atoms with van der Waals surface area (Å²) in [6.45, 7) is 9.84. The molecule has 0 atom stereocenters. The molecule has 5 heteroatoms. The zero-order valence-electron chi connectivity index (χ0n) is 19.0. The molecule has 0 amide bonds. The molecule has 3 aromatic rings. The number of carboxylic acid groups (broad SMARTS) is 1. The molecule has 1 aromatic heterocycles. The van der Waals surface area contributed by atoms with Gasteiger partial charge in [0.05, 0.1) is 12.1 Å². The van der Waals surface area contributed by atoms with Gasteiger partial charge in [0.15, 0.2) is 0 Å². The van der Waals surface area contributed by atoms with E-state index in [-0.39, 0.29) is 16.4 Å². The highest BCUT2D eigenvalue weighted by Gasteiger charge is 2.37. The summed E-state index contributed by atoms with van der Waals surface area (Å²) in [5, 5.41) is 13.4. The van der Waals surface area contributed by atoms with E-state index >= 15 is 0 Å². The number of aromatic carboxylic acids is 1. The smallest absolute Gasteiger partial charge is 0.338 e. The van der Waals surface area contributed by atoms with Crippen LogP contribution < -0.4 is 0 Å². The van der Waals surface area contributed by atoms with Crippen LogP contribution in [0.1, 0.15) is 78.7 Å². The molecular weight excluding hydrogens is 403 g/mol. The number of rotatable bonds is 5. The third-order valence-corrected chi connectivity index (χ3v) is 6.68. The summed E-state index contributed by atoms with van der Waals surface area (Å²) in [5.41, 5.74) is 5.42. The van der Waals surface area contributed by atoms with Crippen molar-refractivity contribution in [2.75, 3.05) is 0 Å². The van der Waals surface area contributed by atoms with Crippen molar-refractivity contribution in [2.45, 2.75) is 57.9 Å². The Labute approximate surface area is 188 Å². The Bertz CT molecular complexity index is 1190. The molecule has 0 saturated carbocycles. The van der Waals surface area contributed by atoms with E-state index < -0.39 is 11.8 Å². The molecule has 4 nitrogen and oxygen atoms in total. The summed E-state index contributed by atoms with van der Waals surface area (Å²) in [6.07, 6.45) is 9.81. The second-order valence-electron chi connectivity index (χ2n) is 9.95. The molecule has 166 valence electrons. The SMILES string of the molecule is CC1(C)CCC(C)(C)c2cc(Cn3cccn3)c(/C=C/c3ccc(C(=O)O)c(F)c3)cc21. The first-order valence-corrected chi connectivity index (χ1v) is 10.9. The number of carbonyl (C=O) groups is 1. The van der Waals surface area contributed by atoms with Gasteiger partial charge in [0.1, 0.15) is 5.82 Å². The Morgan fingerprint density at radius 1 is 1.09 bits per heavy atom. The maximum atomic E-state index is 14.1. The topological polar surface area (TPSA) is 55.1 Å². The van der Waals surface area contributed by atoms with Gasteiger partial charge < -0.3 is 5.11 Å². The lowest BCUT2D eigenvalue weighted by atomic mass is 9.62. The first-order valence-electron chi connectivity index (χ1n) is 10.9. The third-order valence-electron chi connectivity index (χ3n) is 6.68. The normalized spacial score (nSPS) is 16.8. The molecule has 0 spiro atoms. The van der Waals surface area contributed by atoms with Crippen LogP contribution in [-0.4, -0.2) is 20.9 Å². The van der Waals surface area contributed by atoms with Gasteiger partial charge in [-0.1, -0.05) is 58.0 Å². The van der Waals surface area contributed by atoms with Gasteiger partial charge in [-0.25, -0.2) is 9.18 Å². The lowest BCUT2D eigenvalue weighted by molar-refractivity contribution is 0.0692. The van der Waals surface area contributed by atoms with Gasteiger partial charge in [0.2, 0.25) is 0 Å². The Hall–Kier alpha value is -3.21. The highest BCUT2D eigenvalue weighted by Crippen LogP contribution is 2.46. The summed E-state index contributed by atoms with van der Waals surface area (Å²) in [4.78, 5) is 11.1. The molecule has 0 saturated heterocycles. The fraction of sp³-hybridized carbons (Fsp3) is 0.333. The van der Waals surface area contributed by atoms with Crippen LogP contribution in [0.25, 0.3) is 12.2 Å². The van der Waals surface area contributed by atoms with Crippen LogP contribution in [0.2, 0.25) is 0 Å². The van der Waals surface area contributed by atoms with E-state index in [0.29, 0.717) is 12.1 Å². The molecule has 4 rings (SSSR count). The lowest BCUT2D eigenvalue weighted by Crippen LogP contribution is -2.34. The van der Waals surface area contributed by atoms with Crippen LogP contribution >= 0.6 is 0 Å². The van der Waals surface area contributed by atoms with Crippen molar-refractivity contribution < 1.29 is 14.3 Å².